The van der Waals surface area contributed by atoms with E-state index in [1.54, 1.807) is 0 Å². The molecule has 0 rings (SSSR count). The third kappa shape index (κ3) is 5.43. The van der Waals surface area contributed by atoms with Crippen molar-refractivity contribution >= 4 is 22.2 Å². The molecule has 0 aliphatic carbocycles. The zero-order chi connectivity index (χ0) is 8.15. The van der Waals surface area contributed by atoms with Crippen molar-refractivity contribution in [1.82, 2.24) is 5.32 Å². The van der Waals surface area contributed by atoms with Crippen LogP contribution in [0.15, 0.2) is 0 Å². The molecule has 0 aromatic carbocycles. The van der Waals surface area contributed by atoms with Gasteiger partial charge in [0.1, 0.15) is 0 Å². The number of rotatable bonds is 1. The molecule has 0 atom stereocenters. The lowest BCUT2D eigenvalue weighted by Gasteiger charge is -2.05. The number of hydrogen-bond donors (Lipinski definition) is 3. The van der Waals surface area contributed by atoms with Gasteiger partial charge < -0.3 is 11.1 Å². The molecule has 4 nitrogen and oxygen atoms in total. The Morgan fingerprint density at radius 1 is 1.70 bits per heavy atom. The van der Waals surface area contributed by atoms with Gasteiger partial charge in [0.05, 0.1) is 0 Å². The highest BCUT2D eigenvalue weighted by Gasteiger charge is 2.04. The van der Waals surface area contributed by atoms with E-state index >= 15 is 0 Å². The van der Waals surface area contributed by atoms with Crippen molar-refractivity contribution < 1.29 is 4.79 Å². The largest absolute Gasteiger partial charge is 0.378 e. The monoisotopic (exact) mass is 161 g/mol. The lowest BCUT2D eigenvalue weighted by Crippen LogP contribution is -2.28. The van der Waals surface area contributed by atoms with Crippen LogP contribution in [0.2, 0.25) is 0 Å². The minimum absolute atomic E-state index is 0.0966. The summed E-state index contributed by atoms with van der Waals surface area (Å²) in [5.41, 5.74) is 4.95. The fourth-order valence-electron chi connectivity index (χ4n) is 0.365. The Bertz CT molecular complexity index is 146. The molecule has 0 heterocycles. The Morgan fingerprint density at radius 3 is 2.50 bits per heavy atom. The molecule has 0 radical (unpaired) electrons. The van der Waals surface area contributed by atoms with Crippen LogP contribution in [-0.4, -0.2) is 16.4 Å². The van der Waals surface area contributed by atoms with E-state index in [1.165, 1.54) is 0 Å². The predicted molar refractivity (Wildman–Crippen MR) is 43.2 cm³/mol. The number of hydrogen-bond acceptors (Lipinski definition) is 3. The Morgan fingerprint density at radius 2 is 2.20 bits per heavy atom. The first-order valence-electron chi connectivity index (χ1n) is 2.84. The average Bonchev–Trinajstić information content (AvgIpc) is 1.58. The minimum Gasteiger partial charge on any atom is -0.378 e. The topological polar surface area (TPSA) is 79.0 Å². The molecule has 0 aromatic rings. The lowest BCUT2D eigenvalue weighted by molar-refractivity contribution is 0.259. The van der Waals surface area contributed by atoms with Gasteiger partial charge in [0.25, 0.3) is 5.24 Å². The van der Waals surface area contributed by atoms with E-state index in [9.17, 15) is 4.79 Å². The van der Waals surface area contributed by atoms with E-state index in [0.717, 1.165) is 0 Å². The van der Waals surface area contributed by atoms with Crippen LogP contribution in [0.4, 0.5) is 4.79 Å². The fraction of sp³-hybridized carbons (Fsp3) is 0.600. The second-order valence-electron chi connectivity index (χ2n) is 2.05. The van der Waals surface area contributed by atoms with Crippen LogP contribution in [0.3, 0.4) is 0 Å². The first-order valence-corrected chi connectivity index (χ1v) is 3.66. The molecule has 1 amide bonds. The van der Waals surface area contributed by atoms with Crippen LogP contribution in [-0.2, 0) is 0 Å². The molecule has 58 valence electrons. The van der Waals surface area contributed by atoms with Gasteiger partial charge in [-0.1, -0.05) is 0 Å². The van der Waals surface area contributed by atoms with Crippen LogP contribution in [0.5, 0.6) is 0 Å². The maximum absolute atomic E-state index is 10.7. The van der Waals surface area contributed by atoms with E-state index in [4.69, 9.17) is 11.1 Å². The number of nitrogens with two attached hydrogens (primary N) is 1. The summed E-state index contributed by atoms with van der Waals surface area (Å²) in [6.45, 7) is 3.69. The molecule has 0 aromatic heterocycles. The first-order chi connectivity index (χ1) is 4.52. The molecule has 5 heteroatoms. The van der Waals surface area contributed by atoms with Crippen LogP contribution < -0.4 is 11.1 Å². The van der Waals surface area contributed by atoms with Crippen molar-refractivity contribution in [1.29, 1.82) is 5.41 Å². The number of nitrogens with one attached hydrogen (secondary N) is 2. The Hall–Kier alpha value is -0.710. The Balaban J connectivity index is 3.54. The third-order valence-electron chi connectivity index (χ3n) is 0.609. The predicted octanol–water partition coefficient (Wildman–Crippen LogP) is 0.731. The Labute approximate surface area is 64.1 Å². The van der Waals surface area contributed by atoms with Crippen molar-refractivity contribution in [3.05, 3.63) is 0 Å². The zero-order valence-electron chi connectivity index (χ0n) is 5.97. The van der Waals surface area contributed by atoms with E-state index < -0.39 is 0 Å². The lowest BCUT2D eigenvalue weighted by atomic mass is 10.4. The highest BCUT2D eigenvalue weighted by molar-refractivity contribution is 8.26. The van der Waals surface area contributed by atoms with Crippen molar-refractivity contribution in [2.75, 3.05) is 0 Å². The van der Waals surface area contributed by atoms with Crippen LogP contribution in [0.25, 0.3) is 0 Å². The van der Waals surface area contributed by atoms with Crippen LogP contribution >= 0.6 is 11.8 Å². The smallest absolute Gasteiger partial charge is 0.286 e. The molecule has 10 heavy (non-hydrogen) atoms. The molecular weight excluding hydrogens is 150 g/mol. The van der Waals surface area contributed by atoms with Gasteiger partial charge in [-0.25, -0.2) is 0 Å². The summed E-state index contributed by atoms with van der Waals surface area (Å²) in [5.74, 6) is 0. The Kier molecular flexibility index (Phi) is 3.87. The van der Waals surface area contributed by atoms with Crippen molar-refractivity contribution in [3.63, 3.8) is 0 Å². The number of thioether (sulfide) groups is 1. The second-order valence-corrected chi connectivity index (χ2v) is 3.07. The van der Waals surface area contributed by atoms with E-state index in [-0.39, 0.29) is 16.4 Å². The quantitative estimate of drug-likeness (QED) is 0.392. The molecule has 0 aliphatic heterocycles. The number of amides is 1. The summed E-state index contributed by atoms with van der Waals surface area (Å²) in [6, 6.07) is 0.0966. The summed E-state index contributed by atoms with van der Waals surface area (Å²) in [7, 11) is 0. The fourth-order valence-corrected chi connectivity index (χ4v) is 0.859. The minimum atomic E-state index is -0.275. The van der Waals surface area contributed by atoms with E-state index in [0.29, 0.717) is 11.8 Å². The average molecular weight is 161 g/mol. The van der Waals surface area contributed by atoms with Gasteiger partial charge in [0.2, 0.25) is 0 Å². The summed E-state index contributed by atoms with van der Waals surface area (Å²) in [4.78, 5) is 10.7. The van der Waals surface area contributed by atoms with Gasteiger partial charge in [-0.05, 0) is 13.8 Å². The molecule has 0 unspecified atom stereocenters. The first kappa shape index (κ1) is 9.29. The van der Waals surface area contributed by atoms with Gasteiger partial charge in [-0.2, -0.15) is 0 Å². The van der Waals surface area contributed by atoms with Crippen molar-refractivity contribution in [2.24, 2.45) is 5.73 Å². The van der Waals surface area contributed by atoms with E-state index in [1.807, 2.05) is 13.8 Å². The maximum Gasteiger partial charge on any atom is 0.286 e. The third-order valence-corrected chi connectivity index (χ3v) is 1.13. The molecule has 0 saturated heterocycles. The number of carbonyl (C=O) groups excluding carboxylic acids is 1. The highest BCUT2D eigenvalue weighted by Crippen LogP contribution is 1.99. The van der Waals surface area contributed by atoms with Crippen LogP contribution in [0, 0.1) is 5.41 Å². The molecule has 0 fully saturated rings. The van der Waals surface area contributed by atoms with Crippen molar-refractivity contribution in [3.8, 4) is 0 Å². The summed E-state index contributed by atoms with van der Waals surface area (Å²) < 4.78 is 0. The van der Waals surface area contributed by atoms with Gasteiger partial charge in [0, 0.05) is 17.8 Å². The summed E-state index contributed by atoms with van der Waals surface area (Å²) >= 11 is 0.694. The molecular formula is C5H11N3OS. The summed E-state index contributed by atoms with van der Waals surface area (Å²) in [6.07, 6.45) is 0. The molecule has 0 spiro atoms. The maximum atomic E-state index is 10.7. The standard InChI is InChI=1S/C5H11N3OS/c1-3(2)8-5(9)10-4(6)7/h3H,1-2H3,(H3,6,7)(H,8,9). The summed E-state index contributed by atoms with van der Waals surface area (Å²) in [5, 5.41) is 8.87. The molecule has 0 bridgehead atoms. The zero-order valence-corrected chi connectivity index (χ0v) is 6.79. The van der Waals surface area contributed by atoms with Gasteiger partial charge in [0.15, 0.2) is 5.17 Å². The number of carbonyl (C=O) groups is 1. The normalized spacial score (nSPS) is 9.50. The van der Waals surface area contributed by atoms with Crippen LogP contribution in [0.1, 0.15) is 13.8 Å². The van der Waals surface area contributed by atoms with Gasteiger partial charge >= 0.3 is 0 Å². The number of amidine groups is 1. The SMILES string of the molecule is CC(C)NC(=O)SC(=N)N. The van der Waals surface area contributed by atoms with Crippen molar-refractivity contribution in [2.45, 2.75) is 19.9 Å². The second kappa shape index (κ2) is 4.16. The van der Waals surface area contributed by atoms with E-state index in [2.05, 4.69) is 5.32 Å². The highest BCUT2D eigenvalue weighted by atomic mass is 32.2. The van der Waals surface area contributed by atoms with Gasteiger partial charge in [-0.15, -0.1) is 0 Å². The van der Waals surface area contributed by atoms with Gasteiger partial charge in [-0.3, -0.25) is 10.2 Å². The molecule has 4 N–H and O–H groups in total. The molecule has 0 aliphatic rings. The molecule has 0 saturated carbocycles.